The van der Waals surface area contributed by atoms with Gasteiger partial charge in [-0.1, -0.05) is 13.0 Å². The van der Waals surface area contributed by atoms with Gasteiger partial charge in [-0.05, 0) is 50.5 Å². The minimum atomic E-state index is -0.0112. The van der Waals surface area contributed by atoms with Crippen molar-refractivity contribution in [3.8, 4) is 5.75 Å². The van der Waals surface area contributed by atoms with E-state index in [1.807, 2.05) is 29.3 Å². The van der Waals surface area contributed by atoms with Crippen LogP contribution >= 0.6 is 11.3 Å². The van der Waals surface area contributed by atoms with Gasteiger partial charge in [0.2, 0.25) is 5.91 Å². The van der Waals surface area contributed by atoms with Gasteiger partial charge in [0.15, 0.2) is 0 Å². The van der Waals surface area contributed by atoms with Gasteiger partial charge in [-0.2, -0.15) is 0 Å². The fraction of sp³-hybridized carbons (Fsp3) is 0.500. The number of benzene rings is 1. The van der Waals surface area contributed by atoms with Gasteiger partial charge in [0.1, 0.15) is 24.0 Å². The minimum absolute atomic E-state index is 0.0112. The molecule has 0 saturated heterocycles. The summed E-state index contributed by atoms with van der Waals surface area (Å²) in [7, 11) is 1.54. The molecule has 0 aliphatic heterocycles. The third kappa shape index (κ3) is 5.81. The summed E-state index contributed by atoms with van der Waals surface area (Å²) >= 11 is 1.56. The second-order valence-corrected chi connectivity index (χ2v) is 7.50. The summed E-state index contributed by atoms with van der Waals surface area (Å²) in [6.07, 6.45) is 0.891. The van der Waals surface area contributed by atoms with Gasteiger partial charge in [-0.3, -0.25) is 4.79 Å². The number of hydrogen-bond acceptors (Lipinski definition) is 5. The van der Waals surface area contributed by atoms with Crippen LogP contribution in [0, 0.1) is 13.8 Å². The lowest BCUT2D eigenvalue weighted by atomic mass is 10.1. The highest BCUT2D eigenvalue weighted by molar-refractivity contribution is 7.09. The molecule has 0 unspecified atom stereocenters. The number of rotatable bonds is 9. The van der Waals surface area contributed by atoms with E-state index in [1.165, 1.54) is 18.2 Å². The molecule has 0 aliphatic rings. The maximum Gasteiger partial charge on any atom is 0.249 e. The predicted molar refractivity (Wildman–Crippen MR) is 105 cm³/mol. The van der Waals surface area contributed by atoms with Crippen LogP contribution in [0.3, 0.4) is 0 Å². The molecule has 1 aromatic carbocycles. The first-order valence-electron chi connectivity index (χ1n) is 8.85. The number of carbonyl (C=O) groups is 1. The van der Waals surface area contributed by atoms with Crippen LogP contribution in [0.5, 0.6) is 5.75 Å². The van der Waals surface area contributed by atoms with Crippen LogP contribution in [-0.2, 0) is 22.7 Å². The molecule has 26 heavy (non-hydrogen) atoms. The molecular weight excluding hydrogens is 348 g/mol. The largest absolute Gasteiger partial charge is 0.486 e. The SMILES string of the molecule is CC[C@H](C)N(Cc1csc(COc2cc(C)cc(C)c2)n1)C(=O)COC. The monoisotopic (exact) mass is 376 g/mol. The second kappa shape index (κ2) is 9.69. The van der Waals surface area contributed by atoms with Crippen molar-refractivity contribution in [3.05, 3.63) is 45.4 Å². The summed E-state index contributed by atoms with van der Waals surface area (Å²) in [6.45, 7) is 9.26. The number of carbonyl (C=O) groups excluding carboxylic acids is 1. The van der Waals surface area contributed by atoms with Crippen LogP contribution in [-0.4, -0.2) is 35.5 Å². The molecule has 0 saturated carbocycles. The van der Waals surface area contributed by atoms with Crippen molar-refractivity contribution in [2.45, 2.75) is 53.3 Å². The molecule has 1 aromatic heterocycles. The number of aromatic nitrogens is 1. The third-order valence-corrected chi connectivity index (χ3v) is 5.07. The molecule has 5 nitrogen and oxygen atoms in total. The van der Waals surface area contributed by atoms with E-state index in [1.54, 1.807) is 11.3 Å². The summed E-state index contributed by atoms with van der Waals surface area (Å²) in [5.74, 6) is 0.846. The Bertz CT molecular complexity index is 709. The molecule has 0 N–H and O–H groups in total. The zero-order chi connectivity index (χ0) is 19.1. The van der Waals surface area contributed by atoms with E-state index < -0.39 is 0 Å². The van der Waals surface area contributed by atoms with Gasteiger partial charge in [0.25, 0.3) is 0 Å². The van der Waals surface area contributed by atoms with Crippen LogP contribution in [0.4, 0.5) is 0 Å². The summed E-state index contributed by atoms with van der Waals surface area (Å²) in [6, 6.07) is 6.31. The molecule has 6 heteroatoms. The highest BCUT2D eigenvalue weighted by Crippen LogP contribution is 2.20. The zero-order valence-electron chi connectivity index (χ0n) is 16.2. The maximum absolute atomic E-state index is 12.3. The van der Waals surface area contributed by atoms with E-state index in [0.717, 1.165) is 22.9 Å². The Morgan fingerprint density at radius 2 is 1.96 bits per heavy atom. The highest BCUT2D eigenvalue weighted by Gasteiger charge is 2.20. The first-order chi connectivity index (χ1) is 12.4. The van der Waals surface area contributed by atoms with E-state index in [0.29, 0.717) is 13.2 Å². The number of amides is 1. The maximum atomic E-state index is 12.3. The van der Waals surface area contributed by atoms with Crippen LogP contribution in [0.2, 0.25) is 0 Å². The smallest absolute Gasteiger partial charge is 0.249 e. The van der Waals surface area contributed by atoms with E-state index in [9.17, 15) is 4.79 Å². The Balaban J connectivity index is 2.00. The van der Waals surface area contributed by atoms with E-state index >= 15 is 0 Å². The minimum Gasteiger partial charge on any atom is -0.486 e. The number of aryl methyl sites for hydroxylation is 2. The lowest BCUT2D eigenvalue weighted by molar-refractivity contribution is -0.138. The Kier molecular flexibility index (Phi) is 7.60. The average molecular weight is 377 g/mol. The van der Waals surface area contributed by atoms with Gasteiger partial charge in [0, 0.05) is 18.5 Å². The number of thiazole rings is 1. The zero-order valence-corrected chi connectivity index (χ0v) is 17.1. The molecule has 0 spiro atoms. The van der Waals surface area contributed by atoms with E-state index in [-0.39, 0.29) is 18.6 Å². The fourth-order valence-electron chi connectivity index (χ4n) is 2.74. The number of ether oxygens (including phenoxy) is 2. The third-order valence-electron chi connectivity index (χ3n) is 4.20. The molecule has 0 aliphatic carbocycles. The van der Waals surface area contributed by atoms with E-state index in [4.69, 9.17) is 9.47 Å². The van der Waals surface area contributed by atoms with Crippen LogP contribution in [0.15, 0.2) is 23.6 Å². The van der Waals surface area contributed by atoms with Crippen molar-refractivity contribution in [2.24, 2.45) is 0 Å². The molecule has 0 radical (unpaired) electrons. The van der Waals surface area contributed by atoms with Crippen molar-refractivity contribution < 1.29 is 14.3 Å². The second-order valence-electron chi connectivity index (χ2n) is 6.56. The lowest BCUT2D eigenvalue weighted by Gasteiger charge is -2.27. The van der Waals surface area contributed by atoms with Gasteiger partial charge >= 0.3 is 0 Å². The van der Waals surface area contributed by atoms with Gasteiger partial charge < -0.3 is 14.4 Å². The van der Waals surface area contributed by atoms with Crippen molar-refractivity contribution in [1.82, 2.24) is 9.88 Å². The average Bonchev–Trinajstić information content (AvgIpc) is 3.04. The number of nitrogens with zero attached hydrogens (tertiary/aromatic N) is 2. The quantitative estimate of drug-likeness (QED) is 0.661. The summed E-state index contributed by atoms with van der Waals surface area (Å²) in [5, 5.41) is 2.90. The number of methoxy groups -OCH3 is 1. The number of hydrogen-bond donors (Lipinski definition) is 0. The molecule has 1 heterocycles. The summed E-state index contributed by atoms with van der Waals surface area (Å²) in [4.78, 5) is 18.7. The summed E-state index contributed by atoms with van der Waals surface area (Å²) in [5.41, 5.74) is 3.25. The standard InChI is InChI=1S/C20H28N2O3S/c1-6-16(4)22(20(23)12-24-5)10-17-13-26-19(21-17)11-25-18-8-14(2)7-15(3)9-18/h7-9,13,16H,6,10-12H2,1-5H3/t16-/m0/s1. The van der Waals surface area contributed by atoms with Crippen molar-refractivity contribution >= 4 is 17.2 Å². The normalized spacial score (nSPS) is 12.0. The van der Waals surface area contributed by atoms with Crippen molar-refractivity contribution in [1.29, 1.82) is 0 Å². The Hall–Kier alpha value is -1.92. The molecule has 2 rings (SSSR count). The van der Waals surface area contributed by atoms with Crippen LogP contribution in [0.25, 0.3) is 0 Å². The van der Waals surface area contributed by atoms with Crippen molar-refractivity contribution in [2.75, 3.05) is 13.7 Å². The van der Waals surface area contributed by atoms with Crippen LogP contribution < -0.4 is 4.74 Å². The van der Waals surface area contributed by atoms with Crippen molar-refractivity contribution in [3.63, 3.8) is 0 Å². The highest BCUT2D eigenvalue weighted by atomic mass is 32.1. The lowest BCUT2D eigenvalue weighted by Crippen LogP contribution is -2.39. The molecule has 1 atom stereocenters. The van der Waals surface area contributed by atoms with Crippen LogP contribution in [0.1, 0.15) is 42.1 Å². The molecule has 0 fully saturated rings. The molecule has 2 aromatic rings. The van der Waals surface area contributed by atoms with Gasteiger partial charge in [-0.15, -0.1) is 11.3 Å². The Morgan fingerprint density at radius 1 is 1.27 bits per heavy atom. The molecule has 1 amide bonds. The topological polar surface area (TPSA) is 51.7 Å². The first-order valence-corrected chi connectivity index (χ1v) is 9.73. The molecule has 142 valence electrons. The molecule has 0 bridgehead atoms. The van der Waals surface area contributed by atoms with Gasteiger partial charge in [-0.25, -0.2) is 4.98 Å². The van der Waals surface area contributed by atoms with Gasteiger partial charge in [0.05, 0.1) is 12.2 Å². The fourth-order valence-corrected chi connectivity index (χ4v) is 3.44. The summed E-state index contributed by atoms with van der Waals surface area (Å²) < 4.78 is 10.9. The Labute approximate surface area is 160 Å². The Morgan fingerprint density at radius 3 is 2.58 bits per heavy atom. The van der Waals surface area contributed by atoms with E-state index in [2.05, 4.69) is 31.8 Å². The predicted octanol–water partition coefficient (Wildman–Crippen LogP) is 4.11. The first kappa shape index (κ1) is 20.4. The molecular formula is C20H28N2O3S.